The second-order valence-electron chi connectivity index (χ2n) is 4.33. The van der Waals surface area contributed by atoms with Gasteiger partial charge in [0.15, 0.2) is 0 Å². The molecular weight excluding hydrogens is 264 g/mol. The van der Waals surface area contributed by atoms with Crippen molar-refractivity contribution in [3.63, 3.8) is 0 Å². The molecule has 0 bridgehead atoms. The van der Waals surface area contributed by atoms with Crippen molar-refractivity contribution in [1.82, 2.24) is 5.32 Å². The molecule has 0 fully saturated rings. The molecule has 0 saturated carbocycles. The Bertz CT molecular complexity index is 592. The van der Waals surface area contributed by atoms with E-state index in [2.05, 4.69) is 5.32 Å². The van der Waals surface area contributed by atoms with Gasteiger partial charge in [0.25, 0.3) is 5.91 Å². The highest BCUT2D eigenvalue weighted by Gasteiger charge is 2.05. The van der Waals surface area contributed by atoms with Gasteiger partial charge in [-0.1, -0.05) is 0 Å². The Balaban J connectivity index is 1.89. The highest BCUT2D eigenvalue weighted by molar-refractivity contribution is 5.94. The molecule has 0 heterocycles. The van der Waals surface area contributed by atoms with Gasteiger partial charge in [-0.2, -0.15) is 0 Å². The van der Waals surface area contributed by atoms with E-state index in [1.807, 2.05) is 0 Å². The zero-order chi connectivity index (χ0) is 14.5. The standard InChI is InChI=1S/C15H13F2NO2/c16-12-7-10(8-13(17)9-12)5-6-18-15(20)11-1-3-14(19)4-2-11/h1-4,7-9,19H,5-6H2,(H,18,20). The molecule has 104 valence electrons. The first kappa shape index (κ1) is 14.0. The summed E-state index contributed by atoms with van der Waals surface area (Å²) in [6.07, 6.45) is 0.332. The Kier molecular flexibility index (Phi) is 4.30. The Morgan fingerprint density at radius 2 is 1.65 bits per heavy atom. The minimum Gasteiger partial charge on any atom is -0.508 e. The highest BCUT2D eigenvalue weighted by Crippen LogP contribution is 2.10. The number of amides is 1. The molecule has 0 saturated heterocycles. The van der Waals surface area contributed by atoms with Gasteiger partial charge in [-0.15, -0.1) is 0 Å². The molecule has 0 radical (unpaired) electrons. The summed E-state index contributed by atoms with van der Waals surface area (Å²) in [6, 6.07) is 9.08. The van der Waals surface area contributed by atoms with E-state index < -0.39 is 11.6 Å². The van der Waals surface area contributed by atoms with Gasteiger partial charge in [0.1, 0.15) is 17.4 Å². The molecule has 0 aliphatic heterocycles. The molecule has 3 nitrogen and oxygen atoms in total. The van der Waals surface area contributed by atoms with Gasteiger partial charge in [-0.25, -0.2) is 8.78 Å². The number of hydrogen-bond donors (Lipinski definition) is 2. The van der Waals surface area contributed by atoms with Crippen molar-refractivity contribution in [2.24, 2.45) is 0 Å². The third-order valence-electron chi connectivity index (χ3n) is 2.75. The van der Waals surface area contributed by atoms with E-state index in [-0.39, 0.29) is 18.2 Å². The van der Waals surface area contributed by atoms with Crippen LogP contribution in [0.25, 0.3) is 0 Å². The van der Waals surface area contributed by atoms with E-state index in [9.17, 15) is 13.6 Å². The molecule has 0 spiro atoms. The molecule has 0 aromatic heterocycles. The molecule has 2 aromatic carbocycles. The van der Waals surface area contributed by atoms with Crippen LogP contribution in [0, 0.1) is 11.6 Å². The van der Waals surface area contributed by atoms with Gasteiger partial charge in [-0.3, -0.25) is 4.79 Å². The summed E-state index contributed by atoms with van der Waals surface area (Å²) in [5.74, 6) is -1.49. The number of benzene rings is 2. The summed E-state index contributed by atoms with van der Waals surface area (Å²) in [5, 5.41) is 11.8. The molecule has 5 heteroatoms. The van der Waals surface area contributed by atoms with Crippen LogP contribution in [0.4, 0.5) is 8.78 Å². The van der Waals surface area contributed by atoms with Crippen LogP contribution in [0.2, 0.25) is 0 Å². The number of carbonyl (C=O) groups excluding carboxylic acids is 1. The monoisotopic (exact) mass is 277 g/mol. The van der Waals surface area contributed by atoms with E-state index in [1.54, 1.807) is 0 Å². The van der Waals surface area contributed by atoms with E-state index in [0.29, 0.717) is 17.5 Å². The third kappa shape index (κ3) is 3.78. The molecular formula is C15H13F2NO2. The fraction of sp³-hybridized carbons (Fsp3) is 0.133. The van der Waals surface area contributed by atoms with Gasteiger partial charge in [-0.05, 0) is 48.4 Å². The lowest BCUT2D eigenvalue weighted by Gasteiger charge is -2.06. The molecule has 20 heavy (non-hydrogen) atoms. The van der Waals surface area contributed by atoms with Crippen molar-refractivity contribution in [3.8, 4) is 5.75 Å². The van der Waals surface area contributed by atoms with Crippen molar-refractivity contribution in [2.75, 3.05) is 6.54 Å². The molecule has 2 rings (SSSR count). The molecule has 2 aromatic rings. The van der Waals surface area contributed by atoms with Gasteiger partial charge in [0.2, 0.25) is 0 Å². The predicted octanol–water partition coefficient (Wildman–Crippen LogP) is 2.64. The third-order valence-corrected chi connectivity index (χ3v) is 2.75. The Morgan fingerprint density at radius 1 is 1.05 bits per heavy atom. The summed E-state index contributed by atoms with van der Waals surface area (Å²) in [7, 11) is 0. The maximum atomic E-state index is 13.0. The second kappa shape index (κ2) is 6.14. The second-order valence-corrected chi connectivity index (χ2v) is 4.33. The van der Waals surface area contributed by atoms with Crippen LogP contribution in [0.15, 0.2) is 42.5 Å². The van der Waals surface area contributed by atoms with Crippen LogP contribution < -0.4 is 5.32 Å². The van der Waals surface area contributed by atoms with E-state index in [1.165, 1.54) is 36.4 Å². The molecule has 1 amide bonds. The quantitative estimate of drug-likeness (QED) is 0.902. The first-order chi connectivity index (χ1) is 9.54. The largest absolute Gasteiger partial charge is 0.508 e. The van der Waals surface area contributed by atoms with Crippen LogP contribution in [-0.2, 0) is 6.42 Å². The predicted molar refractivity (Wildman–Crippen MR) is 70.5 cm³/mol. The number of phenolic OH excluding ortho intramolecular Hbond substituents is 1. The molecule has 0 atom stereocenters. The average Bonchev–Trinajstić information content (AvgIpc) is 2.38. The molecule has 2 N–H and O–H groups in total. The summed E-state index contributed by atoms with van der Waals surface area (Å²) in [6.45, 7) is 0.266. The van der Waals surface area contributed by atoms with Gasteiger partial charge >= 0.3 is 0 Å². The number of halogens is 2. The van der Waals surface area contributed by atoms with Crippen LogP contribution in [0.3, 0.4) is 0 Å². The fourth-order valence-electron chi connectivity index (χ4n) is 1.79. The lowest BCUT2D eigenvalue weighted by Crippen LogP contribution is -2.25. The molecule has 0 unspecified atom stereocenters. The van der Waals surface area contributed by atoms with Crippen molar-refractivity contribution in [3.05, 3.63) is 65.2 Å². The number of aromatic hydroxyl groups is 1. The van der Waals surface area contributed by atoms with E-state index in [0.717, 1.165) is 6.07 Å². The fourth-order valence-corrected chi connectivity index (χ4v) is 1.79. The number of carbonyl (C=O) groups is 1. The summed E-state index contributed by atoms with van der Waals surface area (Å²) in [4.78, 5) is 11.7. The topological polar surface area (TPSA) is 49.3 Å². The summed E-state index contributed by atoms with van der Waals surface area (Å²) in [5.41, 5.74) is 0.890. The van der Waals surface area contributed by atoms with Crippen LogP contribution in [-0.4, -0.2) is 17.6 Å². The molecule has 0 aliphatic carbocycles. The summed E-state index contributed by atoms with van der Waals surface area (Å²) >= 11 is 0. The lowest BCUT2D eigenvalue weighted by atomic mass is 10.1. The number of rotatable bonds is 4. The first-order valence-corrected chi connectivity index (χ1v) is 6.07. The zero-order valence-electron chi connectivity index (χ0n) is 10.6. The lowest BCUT2D eigenvalue weighted by molar-refractivity contribution is 0.0954. The minimum atomic E-state index is -0.634. The summed E-state index contributed by atoms with van der Waals surface area (Å²) < 4.78 is 25.9. The minimum absolute atomic E-state index is 0.0804. The van der Waals surface area contributed by atoms with Crippen molar-refractivity contribution in [1.29, 1.82) is 0 Å². The van der Waals surface area contributed by atoms with Crippen LogP contribution in [0.1, 0.15) is 15.9 Å². The van der Waals surface area contributed by atoms with Crippen molar-refractivity contribution < 1.29 is 18.7 Å². The van der Waals surface area contributed by atoms with Crippen LogP contribution >= 0.6 is 0 Å². The van der Waals surface area contributed by atoms with Gasteiger partial charge in [0.05, 0.1) is 0 Å². The Labute approximate surface area is 114 Å². The van der Waals surface area contributed by atoms with Gasteiger partial charge in [0, 0.05) is 18.2 Å². The maximum absolute atomic E-state index is 13.0. The molecule has 0 aliphatic rings. The highest BCUT2D eigenvalue weighted by atomic mass is 19.1. The SMILES string of the molecule is O=C(NCCc1cc(F)cc(F)c1)c1ccc(O)cc1. The number of hydrogen-bond acceptors (Lipinski definition) is 2. The number of phenols is 1. The Hall–Kier alpha value is -2.43. The first-order valence-electron chi connectivity index (χ1n) is 6.07. The normalized spacial score (nSPS) is 10.3. The average molecular weight is 277 g/mol. The number of nitrogens with one attached hydrogen (secondary N) is 1. The van der Waals surface area contributed by atoms with E-state index >= 15 is 0 Å². The van der Waals surface area contributed by atoms with Gasteiger partial charge < -0.3 is 10.4 Å². The Morgan fingerprint density at radius 3 is 2.25 bits per heavy atom. The van der Waals surface area contributed by atoms with E-state index in [4.69, 9.17) is 5.11 Å². The van der Waals surface area contributed by atoms with Crippen LogP contribution in [0.5, 0.6) is 5.75 Å². The zero-order valence-corrected chi connectivity index (χ0v) is 10.6. The van der Waals surface area contributed by atoms with Crippen molar-refractivity contribution >= 4 is 5.91 Å². The smallest absolute Gasteiger partial charge is 0.251 e. The van der Waals surface area contributed by atoms with Crippen molar-refractivity contribution in [2.45, 2.75) is 6.42 Å². The maximum Gasteiger partial charge on any atom is 0.251 e.